The second kappa shape index (κ2) is 4.00. The summed E-state index contributed by atoms with van der Waals surface area (Å²) in [6.45, 7) is 1.68. The fraction of sp³-hybridized carbons (Fsp3) is 0.917. The van der Waals surface area contributed by atoms with E-state index >= 15 is 0 Å². The van der Waals surface area contributed by atoms with E-state index in [2.05, 4.69) is 10.6 Å². The molecule has 2 aliphatic carbocycles. The van der Waals surface area contributed by atoms with Crippen LogP contribution in [0.5, 0.6) is 0 Å². The Kier molecular flexibility index (Phi) is 2.64. The highest BCUT2D eigenvalue weighted by atomic mass is 16.5. The number of carbonyl (C=O) groups is 1. The first kappa shape index (κ1) is 10.5. The van der Waals surface area contributed by atoms with Gasteiger partial charge in [0.15, 0.2) is 0 Å². The minimum atomic E-state index is 0.139. The van der Waals surface area contributed by atoms with Gasteiger partial charge >= 0.3 is 0 Å². The molecule has 4 heteroatoms. The molecule has 3 aliphatic rings. The number of nitrogens with one attached hydrogen (secondary N) is 2. The van der Waals surface area contributed by atoms with Crippen LogP contribution < -0.4 is 10.6 Å². The van der Waals surface area contributed by atoms with Gasteiger partial charge in [-0.15, -0.1) is 0 Å². The van der Waals surface area contributed by atoms with Crippen LogP contribution in [0.25, 0.3) is 0 Å². The van der Waals surface area contributed by atoms with Gasteiger partial charge in [-0.05, 0) is 31.1 Å². The first-order valence-corrected chi connectivity index (χ1v) is 6.32. The number of methoxy groups -OCH3 is 1. The summed E-state index contributed by atoms with van der Waals surface area (Å²) in [6.07, 6.45) is 3.75. The molecular weight excluding hydrogens is 204 g/mol. The molecule has 3 unspecified atom stereocenters. The molecule has 3 rings (SSSR count). The molecule has 0 aromatic heterocycles. The normalized spacial score (nSPS) is 45.4. The second-order valence-corrected chi connectivity index (χ2v) is 5.47. The maximum atomic E-state index is 12.0. The molecule has 1 saturated heterocycles. The van der Waals surface area contributed by atoms with Gasteiger partial charge in [0, 0.05) is 26.1 Å². The summed E-state index contributed by atoms with van der Waals surface area (Å²) in [5, 5.41) is 6.38. The summed E-state index contributed by atoms with van der Waals surface area (Å²) < 4.78 is 5.34. The van der Waals surface area contributed by atoms with Crippen LogP contribution in [-0.4, -0.2) is 38.3 Å². The third-order valence-corrected chi connectivity index (χ3v) is 4.40. The lowest BCUT2D eigenvalue weighted by Gasteiger charge is -2.21. The van der Waals surface area contributed by atoms with Gasteiger partial charge in [-0.25, -0.2) is 0 Å². The molecule has 16 heavy (non-hydrogen) atoms. The molecule has 1 amide bonds. The van der Waals surface area contributed by atoms with Crippen molar-refractivity contribution in [1.82, 2.24) is 10.6 Å². The van der Waals surface area contributed by atoms with Gasteiger partial charge in [0.05, 0.1) is 12.1 Å². The third-order valence-electron chi connectivity index (χ3n) is 4.40. The van der Waals surface area contributed by atoms with Gasteiger partial charge in [-0.2, -0.15) is 0 Å². The van der Waals surface area contributed by atoms with Crippen molar-refractivity contribution < 1.29 is 9.53 Å². The van der Waals surface area contributed by atoms with E-state index in [1.165, 1.54) is 6.42 Å². The highest BCUT2D eigenvalue weighted by Gasteiger charge is 2.48. The number of rotatable bonds is 3. The zero-order valence-electron chi connectivity index (χ0n) is 9.74. The van der Waals surface area contributed by atoms with E-state index in [4.69, 9.17) is 4.74 Å². The zero-order valence-corrected chi connectivity index (χ0v) is 9.74. The maximum Gasteiger partial charge on any atom is 0.223 e. The number of fused-ring (bicyclic) bond motifs is 1. The lowest BCUT2D eigenvalue weighted by Crippen LogP contribution is -2.45. The van der Waals surface area contributed by atoms with E-state index in [0.29, 0.717) is 0 Å². The number of hydrogen-bond donors (Lipinski definition) is 2. The lowest BCUT2D eigenvalue weighted by atomic mass is 10.0. The van der Waals surface area contributed by atoms with Crippen molar-refractivity contribution in [3.8, 4) is 0 Å². The largest absolute Gasteiger partial charge is 0.378 e. The summed E-state index contributed by atoms with van der Waals surface area (Å²) in [5.41, 5.74) is 0. The van der Waals surface area contributed by atoms with E-state index in [-0.39, 0.29) is 24.0 Å². The Labute approximate surface area is 96.1 Å². The van der Waals surface area contributed by atoms with Gasteiger partial charge in [0.2, 0.25) is 5.91 Å². The molecule has 0 bridgehead atoms. The van der Waals surface area contributed by atoms with Crippen LogP contribution in [0, 0.1) is 17.8 Å². The Morgan fingerprint density at radius 2 is 2.00 bits per heavy atom. The Morgan fingerprint density at radius 3 is 2.69 bits per heavy atom. The summed E-state index contributed by atoms with van der Waals surface area (Å²) in [6, 6.07) is 0.162. The van der Waals surface area contributed by atoms with E-state index in [9.17, 15) is 4.79 Å². The van der Waals surface area contributed by atoms with Crippen molar-refractivity contribution in [2.75, 3.05) is 20.2 Å². The van der Waals surface area contributed by atoms with Gasteiger partial charge in [0.25, 0.3) is 0 Å². The van der Waals surface area contributed by atoms with Crippen molar-refractivity contribution in [3.05, 3.63) is 0 Å². The molecule has 2 N–H and O–H groups in total. The molecule has 1 heterocycles. The fourth-order valence-corrected chi connectivity index (χ4v) is 3.28. The Bertz CT molecular complexity index is 285. The first-order chi connectivity index (χ1) is 7.78. The molecule has 1 aliphatic heterocycles. The fourth-order valence-electron chi connectivity index (χ4n) is 3.28. The summed E-state index contributed by atoms with van der Waals surface area (Å²) in [7, 11) is 1.71. The average Bonchev–Trinajstić information content (AvgIpc) is 2.75. The van der Waals surface area contributed by atoms with Crippen molar-refractivity contribution in [2.45, 2.75) is 31.4 Å². The Balaban J connectivity index is 1.52. The minimum Gasteiger partial charge on any atom is -0.378 e. The predicted octanol–water partition coefficient (Wildman–Crippen LogP) is 0.135. The molecular formula is C12H20N2O2. The summed E-state index contributed by atoms with van der Waals surface area (Å²) >= 11 is 0. The molecule has 4 nitrogen and oxygen atoms in total. The van der Waals surface area contributed by atoms with Crippen LogP contribution in [0.1, 0.15) is 19.3 Å². The molecule has 2 saturated carbocycles. The molecule has 0 radical (unpaired) electrons. The minimum absolute atomic E-state index is 0.139. The van der Waals surface area contributed by atoms with Crippen LogP contribution >= 0.6 is 0 Å². The molecule has 0 aromatic rings. The van der Waals surface area contributed by atoms with Crippen molar-refractivity contribution in [1.29, 1.82) is 0 Å². The molecule has 3 fully saturated rings. The third kappa shape index (κ3) is 1.84. The number of carbonyl (C=O) groups excluding carboxylic acids is 1. The van der Waals surface area contributed by atoms with Crippen LogP contribution in [-0.2, 0) is 9.53 Å². The first-order valence-electron chi connectivity index (χ1n) is 6.32. The summed E-state index contributed by atoms with van der Waals surface area (Å²) in [4.78, 5) is 12.0. The van der Waals surface area contributed by atoms with Crippen molar-refractivity contribution in [2.24, 2.45) is 17.8 Å². The van der Waals surface area contributed by atoms with Crippen LogP contribution in [0.2, 0.25) is 0 Å². The highest BCUT2D eigenvalue weighted by molar-refractivity contribution is 5.79. The van der Waals surface area contributed by atoms with E-state index < -0.39 is 0 Å². The maximum absolute atomic E-state index is 12.0. The molecule has 90 valence electrons. The summed E-state index contributed by atoms with van der Waals surface area (Å²) in [5.74, 6) is 2.27. The quantitative estimate of drug-likeness (QED) is 0.717. The van der Waals surface area contributed by atoms with E-state index in [0.717, 1.165) is 37.8 Å². The zero-order chi connectivity index (χ0) is 11.1. The topological polar surface area (TPSA) is 50.4 Å². The number of ether oxygens (including phenoxy) is 1. The van der Waals surface area contributed by atoms with Gasteiger partial charge in [0.1, 0.15) is 0 Å². The molecule has 4 atom stereocenters. The Morgan fingerprint density at radius 1 is 1.25 bits per heavy atom. The van der Waals surface area contributed by atoms with Crippen LogP contribution in [0.4, 0.5) is 0 Å². The number of hydrogen-bond acceptors (Lipinski definition) is 3. The second-order valence-electron chi connectivity index (χ2n) is 5.47. The lowest BCUT2D eigenvalue weighted by molar-refractivity contribution is -0.126. The number of amides is 1. The predicted molar refractivity (Wildman–Crippen MR) is 59.9 cm³/mol. The van der Waals surface area contributed by atoms with Crippen LogP contribution in [0.3, 0.4) is 0 Å². The van der Waals surface area contributed by atoms with Crippen molar-refractivity contribution >= 4 is 5.91 Å². The molecule has 0 aromatic carbocycles. The highest BCUT2D eigenvalue weighted by Crippen LogP contribution is 2.54. The SMILES string of the molecule is CO[C@H]1CNCC1NC(=O)C1CC2CC2C1. The Hall–Kier alpha value is -0.610. The average molecular weight is 224 g/mol. The van der Waals surface area contributed by atoms with Gasteiger partial charge < -0.3 is 15.4 Å². The monoisotopic (exact) mass is 224 g/mol. The molecule has 0 spiro atoms. The van der Waals surface area contributed by atoms with Crippen molar-refractivity contribution in [3.63, 3.8) is 0 Å². The van der Waals surface area contributed by atoms with E-state index in [1.807, 2.05) is 0 Å². The van der Waals surface area contributed by atoms with Gasteiger partial charge in [-0.1, -0.05) is 0 Å². The smallest absolute Gasteiger partial charge is 0.223 e. The standard InChI is InChI=1S/C12H20N2O2/c1-16-11-6-13-5-10(11)14-12(15)9-3-7-2-8(7)4-9/h7-11,13H,2-6H2,1H3,(H,14,15)/t7?,8?,9?,10?,11-/m0/s1. The van der Waals surface area contributed by atoms with Crippen LogP contribution in [0.15, 0.2) is 0 Å². The van der Waals surface area contributed by atoms with Gasteiger partial charge in [-0.3, -0.25) is 4.79 Å². The van der Waals surface area contributed by atoms with E-state index in [1.54, 1.807) is 7.11 Å².